The highest BCUT2D eigenvalue weighted by molar-refractivity contribution is 6.44. The Hall–Kier alpha value is -4.33. The number of amides is 3. The molecule has 0 aliphatic rings. The second-order valence-corrected chi connectivity index (χ2v) is 8.61. The maximum Gasteiger partial charge on any atom is 0.323 e. The number of benzene rings is 3. The summed E-state index contributed by atoms with van der Waals surface area (Å²) in [5.74, 6) is 0.229. The molecule has 2 heterocycles. The summed E-state index contributed by atoms with van der Waals surface area (Å²) in [4.78, 5) is 29.5. The fraction of sp³-hybridized carbons (Fsp3) is 0. The topological polar surface area (TPSA) is 88.1 Å². The Morgan fingerprint density at radius 3 is 2.44 bits per heavy atom. The van der Waals surface area contributed by atoms with Gasteiger partial charge in [0.05, 0.1) is 21.2 Å². The fourth-order valence-electron chi connectivity index (χ4n) is 3.78. The molecule has 0 spiro atoms. The van der Waals surface area contributed by atoms with Gasteiger partial charge in [-0.05, 0) is 54.6 Å². The first kappa shape index (κ1) is 23.4. The van der Waals surface area contributed by atoms with Crippen molar-refractivity contribution in [2.24, 2.45) is 0 Å². The van der Waals surface area contributed by atoms with Crippen LogP contribution in [0, 0.1) is 0 Å². The van der Waals surface area contributed by atoms with Crippen molar-refractivity contribution in [2.45, 2.75) is 0 Å². The van der Waals surface area contributed by atoms with Crippen molar-refractivity contribution < 1.29 is 9.59 Å². The Morgan fingerprint density at radius 2 is 1.61 bits per heavy atom. The van der Waals surface area contributed by atoms with Crippen molar-refractivity contribution in [1.82, 2.24) is 9.55 Å². The molecule has 0 unspecified atom stereocenters. The van der Waals surface area contributed by atoms with Crippen molar-refractivity contribution in [2.75, 3.05) is 16.0 Å². The maximum atomic E-state index is 12.6. The van der Waals surface area contributed by atoms with Crippen LogP contribution in [0.1, 0.15) is 10.4 Å². The van der Waals surface area contributed by atoms with E-state index in [1.54, 1.807) is 42.6 Å². The van der Waals surface area contributed by atoms with Gasteiger partial charge in [0.2, 0.25) is 0 Å². The molecular weight excluding hydrogens is 497 g/mol. The number of anilines is 3. The van der Waals surface area contributed by atoms with Crippen LogP contribution >= 0.6 is 23.2 Å². The van der Waals surface area contributed by atoms with Crippen LogP contribution in [0.2, 0.25) is 10.0 Å². The van der Waals surface area contributed by atoms with Gasteiger partial charge >= 0.3 is 6.03 Å². The van der Waals surface area contributed by atoms with E-state index in [0.29, 0.717) is 27.8 Å². The Morgan fingerprint density at radius 1 is 0.806 bits per heavy atom. The van der Waals surface area contributed by atoms with Crippen molar-refractivity contribution in [3.8, 4) is 5.69 Å². The molecule has 0 radical (unpaired) electrons. The number of carbonyl (C=O) groups excluding carboxylic acids is 2. The van der Waals surface area contributed by atoms with Crippen molar-refractivity contribution in [1.29, 1.82) is 0 Å². The normalized spacial score (nSPS) is 10.7. The molecule has 5 aromatic rings. The second kappa shape index (κ2) is 10.1. The van der Waals surface area contributed by atoms with Gasteiger partial charge in [-0.15, -0.1) is 0 Å². The molecule has 3 N–H and O–H groups in total. The Kier molecular flexibility index (Phi) is 6.58. The molecule has 0 saturated carbocycles. The molecule has 0 atom stereocenters. The van der Waals surface area contributed by atoms with Gasteiger partial charge in [0.1, 0.15) is 5.82 Å². The molecule has 9 heteroatoms. The average molecular weight is 516 g/mol. The second-order valence-electron chi connectivity index (χ2n) is 7.83. The van der Waals surface area contributed by atoms with Crippen LogP contribution in [0.3, 0.4) is 0 Å². The third kappa shape index (κ3) is 4.88. The zero-order valence-corrected chi connectivity index (χ0v) is 20.2. The van der Waals surface area contributed by atoms with Gasteiger partial charge < -0.3 is 20.5 Å². The van der Waals surface area contributed by atoms with Gasteiger partial charge in [-0.3, -0.25) is 4.79 Å². The molecular formula is C27H19Cl2N5O2. The SMILES string of the molecule is O=C(Nc1cccc(-n2ccc3c(NC(=O)c4ccccc4)nccc32)c1)Nc1cccc(Cl)c1Cl. The van der Waals surface area contributed by atoms with Crippen LogP contribution < -0.4 is 16.0 Å². The summed E-state index contributed by atoms with van der Waals surface area (Å²) in [6, 6.07) is 24.6. The van der Waals surface area contributed by atoms with Gasteiger partial charge in [0, 0.05) is 34.7 Å². The van der Waals surface area contributed by atoms with E-state index in [1.165, 1.54) is 0 Å². The lowest BCUT2D eigenvalue weighted by atomic mass is 10.2. The number of nitrogens with one attached hydrogen (secondary N) is 3. The van der Waals surface area contributed by atoms with Crippen LogP contribution in [0.5, 0.6) is 0 Å². The third-order valence-electron chi connectivity index (χ3n) is 5.47. The van der Waals surface area contributed by atoms with E-state index in [-0.39, 0.29) is 10.9 Å². The molecule has 3 amide bonds. The summed E-state index contributed by atoms with van der Waals surface area (Å²) in [6.45, 7) is 0. The number of pyridine rings is 1. The highest BCUT2D eigenvalue weighted by Crippen LogP contribution is 2.30. The molecule has 36 heavy (non-hydrogen) atoms. The first-order valence-corrected chi connectivity index (χ1v) is 11.7. The van der Waals surface area contributed by atoms with Crippen LogP contribution in [0.4, 0.5) is 22.0 Å². The highest BCUT2D eigenvalue weighted by atomic mass is 35.5. The van der Waals surface area contributed by atoms with Crippen LogP contribution in [-0.4, -0.2) is 21.5 Å². The Bertz CT molecular complexity index is 1580. The van der Waals surface area contributed by atoms with Crippen LogP contribution in [0.15, 0.2) is 97.3 Å². The molecule has 0 bridgehead atoms. The fourth-order valence-corrected chi connectivity index (χ4v) is 4.13. The zero-order chi connectivity index (χ0) is 25.1. The monoisotopic (exact) mass is 515 g/mol. The summed E-state index contributed by atoms with van der Waals surface area (Å²) in [5.41, 5.74) is 3.20. The van der Waals surface area contributed by atoms with E-state index in [1.807, 2.05) is 59.3 Å². The summed E-state index contributed by atoms with van der Waals surface area (Å²) >= 11 is 12.2. The molecule has 2 aromatic heterocycles. The van der Waals surface area contributed by atoms with Gasteiger partial charge in [-0.1, -0.05) is 53.5 Å². The predicted octanol–water partition coefficient (Wildman–Crippen LogP) is 7.23. The van der Waals surface area contributed by atoms with E-state index in [9.17, 15) is 9.59 Å². The molecule has 0 fully saturated rings. The van der Waals surface area contributed by atoms with E-state index in [0.717, 1.165) is 16.6 Å². The number of urea groups is 1. The summed E-state index contributed by atoms with van der Waals surface area (Å²) in [6.07, 6.45) is 3.53. The largest absolute Gasteiger partial charge is 0.323 e. The first-order valence-electron chi connectivity index (χ1n) is 10.9. The first-order chi connectivity index (χ1) is 17.5. The lowest BCUT2D eigenvalue weighted by Crippen LogP contribution is -2.19. The lowest BCUT2D eigenvalue weighted by molar-refractivity contribution is 0.102. The minimum absolute atomic E-state index is 0.236. The van der Waals surface area contributed by atoms with Crippen molar-refractivity contribution in [3.05, 3.63) is 113 Å². The number of rotatable bonds is 5. The van der Waals surface area contributed by atoms with E-state index in [2.05, 4.69) is 20.9 Å². The molecule has 7 nitrogen and oxygen atoms in total. The van der Waals surface area contributed by atoms with E-state index >= 15 is 0 Å². The number of halogens is 2. The Balaban J connectivity index is 1.37. The summed E-state index contributed by atoms with van der Waals surface area (Å²) in [5, 5.41) is 9.80. The number of hydrogen-bond acceptors (Lipinski definition) is 3. The van der Waals surface area contributed by atoms with Crippen molar-refractivity contribution in [3.63, 3.8) is 0 Å². The summed E-state index contributed by atoms with van der Waals surface area (Å²) in [7, 11) is 0. The minimum atomic E-state index is -0.455. The smallest absolute Gasteiger partial charge is 0.316 e. The lowest BCUT2D eigenvalue weighted by Gasteiger charge is -2.12. The maximum absolute atomic E-state index is 12.6. The highest BCUT2D eigenvalue weighted by Gasteiger charge is 2.13. The van der Waals surface area contributed by atoms with E-state index < -0.39 is 6.03 Å². The molecule has 3 aromatic carbocycles. The average Bonchev–Trinajstić information content (AvgIpc) is 3.33. The number of aromatic nitrogens is 2. The third-order valence-corrected chi connectivity index (χ3v) is 6.29. The quantitative estimate of drug-likeness (QED) is 0.230. The number of carbonyl (C=O) groups is 2. The van der Waals surface area contributed by atoms with Gasteiger partial charge in [0.25, 0.3) is 5.91 Å². The number of nitrogens with zero attached hydrogens (tertiary/aromatic N) is 2. The molecule has 0 aliphatic carbocycles. The molecule has 0 aliphatic heterocycles. The van der Waals surface area contributed by atoms with Gasteiger partial charge in [-0.25, -0.2) is 9.78 Å². The van der Waals surface area contributed by atoms with Gasteiger partial charge in [0.15, 0.2) is 0 Å². The van der Waals surface area contributed by atoms with E-state index in [4.69, 9.17) is 23.2 Å². The standard InChI is InChI=1S/C27H19Cl2N5O2/c28-21-10-5-11-22(24(21)29)32-27(36)31-18-8-4-9-19(16-18)34-15-13-20-23(34)12-14-30-25(20)33-26(35)17-6-2-1-3-7-17/h1-16H,(H,30,33,35)(H2,31,32,36). The predicted molar refractivity (Wildman–Crippen MR) is 145 cm³/mol. The van der Waals surface area contributed by atoms with Crippen LogP contribution in [-0.2, 0) is 0 Å². The number of hydrogen-bond donors (Lipinski definition) is 3. The molecule has 178 valence electrons. The summed E-state index contributed by atoms with van der Waals surface area (Å²) < 4.78 is 1.95. The minimum Gasteiger partial charge on any atom is -0.316 e. The molecule has 5 rings (SSSR count). The Labute approximate surface area is 216 Å². The zero-order valence-electron chi connectivity index (χ0n) is 18.7. The van der Waals surface area contributed by atoms with Crippen LogP contribution in [0.25, 0.3) is 16.6 Å². The van der Waals surface area contributed by atoms with Crippen molar-refractivity contribution >= 4 is 63.2 Å². The number of fused-ring (bicyclic) bond motifs is 1. The molecule has 0 saturated heterocycles. The van der Waals surface area contributed by atoms with Gasteiger partial charge in [-0.2, -0.15) is 0 Å².